The molecule has 174 valence electrons. The van der Waals surface area contributed by atoms with Gasteiger partial charge in [-0.2, -0.15) is 67.5 Å². The molecule has 0 aromatic rings. The van der Waals surface area contributed by atoms with Crippen LogP contribution in [0.5, 0.6) is 0 Å². The maximum absolute atomic E-state index is 10.2. The van der Waals surface area contributed by atoms with Crippen LogP contribution in [0.25, 0.3) is 0 Å². The van der Waals surface area contributed by atoms with Crippen molar-refractivity contribution in [2.24, 2.45) is 5.92 Å². The Bertz CT molecular complexity index is 452. The lowest BCUT2D eigenvalue weighted by atomic mass is 9.86. The van der Waals surface area contributed by atoms with E-state index in [9.17, 15) is 35.7 Å². The molecule has 0 bridgehead atoms. The minimum absolute atomic E-state index is 0. The average Bonchev–Trinajstić information content (AvgIpc) is 2.62. The Labute approximate surface area is 199 Å². The van der Waals surface area contributed by atoms with Crippen molar-refractivity contribution in [1.29, 1.82) is 0 Å². The Morgan fingerprint density at radius 1 is 0.893 bits per heavy atom. The van der Waals surface area contributed by atoms with Crippen LogP contribution in [-0.2, 0) is 4.74 Å². The summed E-state index contributed by atoms with van der Waals surface area (Å²) >= 11 is 0. The first-order valence-corrected chi connectivity index (χ1v) is 7.55. The largest absolute Gasteiger partial charge is 0.392 e. The molecule has 0 aromatic heterocycles. The number of ether oxygens (including phenoxy) is 1. The lowest BCUT2D eigenvalue weighted by Crippen LogP contribution is -2.60. The lowest BCUT2D eigenvalue weighted by Gasteiger charge is -2.38. The molecule has 1 fully saturated rings. The fraction of sp³-hybridized carbons (Fsp3) is 0.857. The van der Waals surface area contributed by atoms with Crippen LogP contribution in [0.15, 0.2) is 11.6 Å². The third kappa shape index (κ3) is 8.00. The van der Waals surface area contributed by atoms with E-state index in [1.807, 2.05) is 0 Å². The summed E-state index contributed by atoms with van der Waals surface area (Å²) in [7, 11) is 0. The summed E-state index contributed by atoms with van der Waals surface area (Å²) in [4.78, 5) is 0. The van der Waals surface area contributed by atoms with E-state index >= 15 is 0 Å². The van der Waals surface area contributed by atoms with Crippen molar-refractivity contribution in [3.05, 3.63) is 11.6 Å². The summed E-state index contributed by atoms with van der Waals surface area (Å²) in [5.74, 6) is -0.320. The molecule has 28 heavy (non-hydrogen) atoms. The zero-order valence-corrected chi connectivity index (χ0v) is 20.2. The van der Waals surface area contributed by atoms with Gasteiger partial charge in [-0.05, 0) is 11.5 Å². The van der Waals surface area contributed by atoms with Crippen LogP contribution in [0.4, 0.5) is 0 Å². The van der Waals surface area contributed by atoms with Gasteiger partial charge in [0.15, 0.2) is 6.29 Å². The first kappa shape index (κ1) is 36.5. The number of hydrogen-bond donors (Lipinski definition) is 8. The van der Waals surface area contributed by atoms with E-state index in [2.05, 4.69) is 5.32 Å². The first-order valence-electron chi connectivity index (χ1n) is 7.55. The maximum atomic E-state index is 10.2. The van der Waals surface area contributed by atoms with E-state index in [4.69, 9.17) is 4.74 Å². The normalized spacial score (nSPS) is 40.0. The average molecular weight is 506 g/mol. The quantitative estimate of drug-likeness (QED) is 0.183. The number of nitrogens with one attached hydrogen (secondary N) is 1. The smallest absolute Gasteiger partial charge is 0.183 e. The summed E-state index contributed by atoms with van der Waals surface area (Å²) in [5.41, 5.74) is 0.146. The van der Waals surface area contributed by atoms with E-state index in [-0.39, 0.29) is 85.6 Å². The molecule has 0 radical (unpaired) electrons. The number of hydrogen-bond acceptors (Lipinski definition) is 9. The minimum Gasteiger partial charge on any atom is -0.392 e. The Morgan fingerprint density at radius 2 is 1.43 bits per heavy atom. The van der Waals surface area contributed by atoms with E-state index in [0.29, 0.717) is 0 Å². The fourth-order valence-corrected chi connectivity index (χ4v) is 2.99. The molecule has 14 heteroatoms. The molecule has 0 amide bonds. The van der Waals surface area contributed by atoms with Crippen LogP contribution in [0, 0.1) is 5.92 Å². The zero-order valence-electron chi connectivity index (χ0n) is 15.2. The van der Waals surface area contributed by atoms with Crippen molar-refractivity contribution in [2.75, 3.05) is 13.2 Å². The van der Waals surface area contributed by atoms with Gasteiger partial charge in [-0.25, -0.2) is 0 Å². The van der Waals surface area contributed by atoms with Gasteiger partial charge in [0.05, 0.1) is 19.3 Å². The van der Waals surface area contributed by atoms with Crippen molar-refractivity contribution < 1.29 is 40.5 Å². The summed E-state index contributed by atoms with van der Waals surface area (Å²) in [6.07, 6.45) is -7.28. The third-order valence-corrected chi connectivity index (χ3v) is 4.54. The van der Waals surface area contributed by atoms with E-state index in [1.165, 1.54) is 6.08 Å². The molecule has 8 N–H and O–H groups in total. The standard InChI is InChI=1S/C14H25NO8.5H2S/c1-5-4-23-14(22)13(21)11(19)8(5)15-7-2-6(3-16)9(17)12(20)10(7)18;;;;;/h2,5,7-22H,3-4H2,1H3;5*1H2/t5-,7-,8-,9-,10+,11?,12?,13-,14+;;;;;/m1...../s1. The number of aliphatic hydroxyl groups excluding tert-OH is 7. The molecule has 1 aliphatic heterocycles. The second-order valence-electron chi connectivity index (χ2n) is 6.23. The van der Waals surface area contributed by atoms with Gasteiger partial charge in [-0.15, -0.1) is 0 Å². The second kappa shape index (κ2) is 15.9. The minimum atomic E-state index is -1.53. The Hall–Kier alpha value is 1.13. The number of rotatable bonds is 3. The molecule has 9 atom stereocenters. The Kier molecular flexibility index (Phi) is 20.7. The zero-order chi connectivity index (χ0) is 17.3. The molecule has 1 heterocycles. The first-order chi connectivity index (χ1) is 10.8. The SMILES string of the molecule is C[C@@H]1CO[C@H](O)[C@H](O)C(O)[C@@H]1N[C@@H]1C=C(CO)[C@@H](O)C(O)[C@H]1O.S.S.S.S.S. The highest BCUT2D eigenvalue weighted by molar-refractivity contribution is 7.60. The van der Waals surface area contributed by atoms with E-state index in [1.54, 1.807) is 6.92 Å². The molecule has 2 unspecified atom stereocenters. The van der Waals surface area contributed by atoms with Crippen molar-refractivity contribution in [1.82, 2.24) is 5.32 Å². The van der Waals surface area contributed by atoms with Crippen LogP contribution >= 0.6 is 67.5 Å². The highest BCUT2D eigenvalue weighted by Crippen LogP contribution is 2.24. The molecule has 0 aromatic carbocycles. The highest BCUT2D eigenvalue weighted by atomic mass is 32.1. The molecule has 0 spiro atoms. The van der Waals surface area contributed by atoms with Gasteiger partial charge < -0.3 is 45.8 Å². The van der Waals surface area contributed by atoms with Crippen LogP contribution in [0.3, 0.4) is 0 Å². The van der Waals surface area contributed by atoms with Gasteiger partial charge in [0.2, 0.25) is 0 Å². The van der Waals surface area contributed by atoms with E-state index < -0.39 is 55.5 Å². The predicted octanol–water partition coefficient (Wildman–Crippen LogP) is -3.40. The second-order valence-corrected chi connectivity index (χ2v) is 6.23. The van der Waals surface area contributed by atoms with Crippen molar-refractivity contribution >= 4 is 67.5 Å². The highest BCUT2D eigenvalue weighted by Gasteiger charge is 2.43. The van der Waals surface area contributed by atoms with Gasteiger partial charge in [0.1, 0.15) is 30.5 Å². The Balaban J connectivity index is -0.000000576. The summed E-state index contributed by atoms with van der Waals surface area (Å²) < 4.78 is 5.02. The van der Waals surface area contributed by atoms with Gasteiger partial charge in [-0.1, -0.05) is 13.0 Å². The maximum Gasteiger partial charge on any atom is 0.183 e. The van der Waals surface area contributed by atoms with Crippen LogP contribution in [0.2, 0.25) is 0 Å². The van der Waals surface area contributed by atoms with Crippen LogP contribution in [0.1, 0.15) is 6.92 Å². The fourth-order valence-electron chi connectivity index (χ4n) is 2.99. The predicted molar refractivity (Wildman–Crippen MR) is 129 cm³/mol. The van der Waals surface area contributed by atoms with Crippen LogP contribution in [-0.4, -0.2) is 97.9 Å². The monoisotopic (exact) mass is 505 g/mol. The molecule has 9 nitrogen and oxygen atoms in total. The number of aliphatic hydroxyl groups is 7. The molecule has 2 aliphatic rings. The molecule has 0 saturated carbocycles. The molecule has 1 aliphatic carbocycles. The van der Waals surface area contributed by atoms with Crippen LogP contribution < -0.4 is 5.32 Å². The van der Waals surface area contributed by atoms with Gasteiger partial charge >= 0.3 is 0 Å². The lowest BCUT2D eigenvalue weighted by molar-refractivity contribution is -0.177. The summed E-state index contributed by atoms with van der Waals surface area (Å²) in [6.45, 7) is 1.30. The third-order valence-electron chi connectivity index (χ3n) is 4.54. The van der Waals surface area contributed by atoms with Gasteiger partial charge in [0, 0.05) is 6.04 Å². The van der Waals surface area contributed by atoms with Crippen molar-refractivity contribution in [2.45, 2.75) is 55.8 Å². The van der Waals surface area contributed by atoms with Crippen molar-refractivity contribution in [3.8, 4) is 0 Å². The van der Waals surface area contributed by atoms with Gasteiger partial charge in [0.25, 0.3) is 0 Å². The molecule has 1 saturated heterocycles. The summed E-state index contributed by atoms with van der Waals surface area (Å²) in [5, 5.41) is 71.4. The van der Waals surface area contributed by atoms with E-state index in [0.717, 1.165) is 0 Å². The topological polar surface area (TPSA) is 163 Å². The molecular formula is C14H35NO8S5. The molecular weight excluding hydrogens is 470 g/mol. The summed E-state index contributed by atoms with van der Waals surface area (Å²) in [6, 6.07) is -1.61. The van der Waals surface area contributed by atoms with Gasteiger partial charge in [-0.3, -0.25) is 0 Å². The Morgan fingerprint density at radius 3 is 1.93 bits per heavy atom. The van der Waals surface area contributed by atoms with Crippen molar-refractivity contribution in [3.63, 3.8) is 0 Å². The molecule has 2 rings (SSSR count).